The van der Waals surface area contributed by atoms with Gasteiger partial charge in [-0.2, -0.15) is 0 Å². The lowest BCUT2D eigenvalue weighted by molar-refractivity contribution is 0.0914. The van der Waals surface area contributed by atoms with E-state index in [1.54, 1.807) is 10.8 Å². The minimum atomic E-state index is 0.0603. The van der Waals surface area contributed by atoms with Crippen LogP contribution < -0.4 is 5.73 Å². The van der Waals surface area contributed by atoms with E-state index in [4.69, 9.17) is 5.73 Å². The molecule has 94 valence electrons. The van der Waals surface area contributed by atoms with Gasteiger partial charge in [0.2, 0.25) is 5.91 Å². The van der Waals surface area contributed by atoms with Gasteiger partial charge < -0.3 is 5.73 Å². The Morgan fingerprint density at radius 3 is 2.78 bits per heavy atom. The topological polar surface area (TPSA) is 48.0 Å². The van der Waals surface area contributed by atoms with Gasteiger partial charge in [-0.25, -0.2) is 0 Å². The van der Waals surface area contributed by atoms with Crippen LogP contribution in [0, 0.1) is 0 Å². The van der Waals surface area contributed by atoms with Crippen LogP contribution in [0.15, 0.2) is 47.2 Å². The average molecular weight is 307 g/mol. The van der Waals surface area contributed by atoms with Crippen molar-refractivity contribution in [3.63, 3.8) is 0 Å². The molecule has 2 rings (SSSR count). The predicted molar refractivity (Wildman–Crippen MR) is 75.7 cm³/mol. The van der Waals surface area contributed by atoms with E-state index in [0.29, 0.717) is 13.0 Å². The van der Waals surface area contributed by atoms with Crippen LogP contribution in [0.1, 0.15) is 15.9 Å². The van der Waals surface area contributed by atoms with Crippen molar-refractivity contribution < 1.29 is 4.79 Å². The SMILES string of the molecule is NCCc1ccn(C(=O)Cc2ccccc2Br)c1. The van der Waals surface area contributed by atoms with E-state index < -0.39 is 0 Å². The number of carbonyl (C=O) groups excluding carboxylic acids is 1. The molecule has 0 aliphatic heterocycles. The molecular formula is C14H15BrN2O. The molecule has 0 amide bonds. The maximum absolute atomic E-state index is 12.1. The van der Waals surface area contributed by atoms with Crippen LogP contribution in [0.2, 0.25) is 0 Å². The normalized spacial score (nSPS) is 10.6. The van der Waals surface area contributed by atoms with E-state index in [2.05, 4.69) is 15.9 Å². The standard InChI is InChI=1S/C14H15BrN2O/c15-13-4-2-1-3-12(13)9-14(18)17-8-6-11(10-17)5-7-16/h1-4,6,8,10H,5,7,9,16H2. The van der Waals surface area contributed by atoms with Gasteiger partial charge in [0.05, 0.1) is 6.42 Å². The first-order chi connectivity index (χ1) is 8.70. The number of hydrogen-bond donors (Lipinski definition) is 1. The maximum atomic E-state index is 12.1. The van der Waals surface area contributed by atoms with Gasteiger partial charge in [-0.15, -0.1) is 0 Å². The number of aromatic nitrogens is 1. The summed E-state index contributed by atoms with van der Waals surface area (Å²) in [6, 6.07) is 9.70. The lowest BCUT2D eigenvalue weighted by Gasteiger charge is -2.04. The average Bonchev–Trinajstić information content (AvgIpc) is 2.81. The molecule has 0 aliphatic carbocycles. The molecule has 0 atom stereocenters. The second-order valence-electron chi connectivity index (χ2n) is 4.13. The second kappa shape index (κ2) is 5.98. The summed E-state index contributed by atoms with van der Waals surface area (Å²) in [5.74, 6) is 0.0603. The van der Waals surface area contributed by atoms with Gasteiger partial charge in [0, 0.05) is 16.9 Å². The fraction of sp³-hybridized carbons (Fsp3) is 0.214. The molecule has 0 radical (unpaired) electrons. The molecule has 3 nitrogen and oxygen atoms in total. The Hall–Kier alpha value is -1.39. The summed E-state index contributed by atoms with van der Waals surface area (Å²) in [7, 11) is 0. The molecule has 0 unspecified atom stereocenters. The van der Waals surface area contributed by atoms with Crippen LogP contribution in [0.4, 0.5) is 0 Å². The highest BCUT2D eigenvalue weighted by atomic mass is 79.9. The van der Waals surface area contributed by atoms with Crippen LogP contribution in [0.3, 0.4) is 0 Å². The Morgan fingerprint density at radius 2 is 2.06 bits per heavy atom. The van der Waals surface area contributed by atoms with Crippen LogP contribution in [-0.2, 0) is 12.8 Å². The summed E-state index contributed by atoms with van der Waals surface area (Å²) < 4.78 is 2.59. The Kier molecular flexibility index (Phi) is 4.33. The fourth-order valence-electron chi connectivity index (χ4n) is 1.81. The summed E-state index contributed by atoms with van der Waals surface area (Å²) >= 11 is 3.45. The molecule has 4 heteroatoms. The first kappa shape index (κ1) is 13.1. The molecule has 1 heterocycles. The van der Waals surface area contributed by atoms with E-state index in [1.165, 1.54) is 0 Å². The zero-order valence-electron chi connectivity index (χ0n) is 9.97. The highest BCUT2D eigenvalue weighted by Crippen LogP contribution is 2.17. The van der Waals surface area contributed by atoms with Gasteiger partial charge in [-0.1, -0.05) is 34.1 Å². The zero-order valence-corrected chi connectivity index (χ0v) is 11.6. The number of benzene rings is 1. The van der Waals surface area contributed by atoms with Gasteiger partial charge in [-0.3, -0.25) is 9.36 Å². The number of hydrogen-bond acceptors (Lipinski definition) is 2. The zero-order chi connectivity index (χ0) is 13.0. The van der Waals surface area contributed by atoms with Crippen molar-refractivity contribution in [1.29, 1.82) is 0 Å². The van der Waals surface area contributed by atoms with Crippen molar-refractivity contribution in [2.75, 3.05) is 6.54 Å². The van der Waals surface area contributed by atoms with Gasteiger partial charge in [0.15, 0.2) is 0 Å². The molecule has 18 heavy (non-hydrogen) atoms. The van der Waals surface area contributed by atoms with E-state index in [9.17, 15) is 4.79 Å². The second-order valence-corrected chi connectivity index (χ2v) is 4.98. The number of carbonyl (C=O) groups is 1. The number of nitrogens with zero attached hydrogens (tertiary/aromatic N) is 1. The minimum absolute atomic E-state index is 0.0603. The maximum Gasteiger partial charge on any atom is 0.235 e. The lowest BCUT2D eigenvalue weighted by Crippen LogP contribution is -2.12. The Balaban J connectivity index is 2.10. The monoisotopic (exact) mass is 306 g/mol. The number of nitrogens with two attached hydrogens (primary N) is 1. The van der Waals surface area contributed by atoms with Gasteiger partial charge >= 0.3 is 0 Å². The summed E-state index contributed by atoms with van der Waals surface area (Å²) in [4.78, 5) is 12.1. The molecule has 1 aromatic heterocycles. The fourth-order valence-corrected chi connectivity index (χ4v) is 2.23. The van der Waals surface area contributed by atoms with Crippen molar-refractivity contribution in [3.05, 3.63) is 58.3 Å². The van der Waals surface area contributed by atoms with Gasteiger partial charge in [-0.05, 0) is 36.2 Å². The molecule has 2 aromatic rings. The van der Waals surface area contributed by atoms with E-state index in [-0.39, 0.29) is 5.91 Å². The smallest absolute Gasteiger partial charge is 0.235 e. The predicted octanol–water partition coefficient (Wildman–Crippen LogP) is 2.63. The van der Waals surface area contributed by atoms with Crippen molar-refractivity contribution in [3.8, 4) is 0 Å². The van der Waals surface area contributed by atoms with E-state index >= 15 is 0 Å². The summed E-state index contributed by atoms with van der Waals surface area (Å²) in [5.41, 5.74) is 7.58. The molecule has 0 spiro atoms. The Labute approximate surface area is 115 Å². The van der Waals surface area contributed by atoms with Crippen LogP contribution in [-0.4, -0.2) is 17.0 Å². The third-order valence-corrected chi connectivity index (χ3v) is 3.55. The molecule has 0 saturated heterocycles. The number of halogens is 1. The van der Waals surface area contributed by atoms with E-state index in [0.717, 1.165) is 22.0 Å². The summed E-state index contributed by atoms with van der Waals surface area (Å²) in [6.07, 6.45) is 4.84. The Morgan fingerprint density at radius 1 is 1.28 bits per heavy atom. The van der Waals surface area contributed by atoms with Crippen molar-refractivity contribution in [1.82, 2.24) is 4.57 Å². The summed E-state index contributed by atoms with van der Waals surface area (Å²) in [6.45, 7) is 0.600. The van der Waals surface area contributed by atoms with Gasteiger partial charge in [0.25, 0.3) is 0 Å². The van der Waals surface area contributed by atoms with Crippen LogP contribution in [0.5, 0.6) is 0 Å². The van der Waals surface area contributed by atoms with Crippen molar-refractivity contribution >= 4 is 21.8 Å². The highest BCUT2D eigenvalue weighted by molar-refractivity contribution is 9.10. The first-order valence-electron chi connectivity index (χ1n) is 5.84. The van der Waals surface area contributed by atoms with Gasteiger partial charge in [0.1, 0.15) is 0 Å². The Bertz CT molecular complexity index is 548. The molecule has 1 aromatic carbocycles. The first-order valence-corrected chi connectivity index (χ1v) is 6.63. The highest BCUT2D eigenvalue weighted by Gasteiger charge is 2.08. The van der Waals surface area contributed by atoms with Crippen molar-refractivity contribution in [2.45, 2.75) is 12.8 Å². The van der Waals surface area contributed by atoms with E-state index in [1.807, 2.05) is 36.5 Å². The van der Waals surface area contributed by atoms with Crippen molar-refractivity contribution in [2.24, 2.45) is 5.73 Å². The molecule has 2 N–H and O–H groups in total. The lowest BCUT2D eigenvalue weighted by atomic mass is 10.1. The largest absolute Gasteiger partial charge is 0.330 e. The molecular weight excluding hydrogens is 292 g/mol. The molecule has 0 bridgehead atoms. The molecule has 0 saturated carbocycles. The third kappa shape index (κ3) is 3.09. The summed E-state index contributed by atoms with van der Waals surface area (Å²) in [5, 5.41) is 0. The van der Waals surface area contributed by atoms with Crippen LogP contribution >= 0.6 is 15.9 Å². The third-order valence-electron chi connectivity index (χ3n) is 2.77. The number of rotatable bonds is 4. The van der Waals surface area contributed by atoms with Crippen LogP contribution in [0.25, 0.3) is 0 Å². The minimum Gasteiger partial charge on any atom is -0.330 e. The molecule has 0 aliphatic rings. The molecule has 0 fully saturated rings. The quantitative estimate of drug-likeness (QED) is 0.944.